The average Bonchev–Trinajstić information content (AvgIpc) is 2.71. The highest BCUT2D eigenvalue weighted by Crippen LogP contribution is 2.47. The maximum Gasteiger partial charge on any atom is 0.248 e. The number of hydrogen-bond acceptors (Lipinski definition) is 2. The second kappa shape index (κ2) is 8.34. The summed E-state index contributed by atoms with van der Waals surface area (Å²) in [6.07, 6.45) is 16.6. The van der Waals surface area contributed by atoms with Crippen molar-refractivity contribution in [3.63, 3.8) is 0 Å². The smallest absolute Gasteiger partial charge is 0.248 e. The van der Waals surface area contributed by atoms with Crippen LogP contribution in [-0.2, 0) is 5.41 Å². The van der Waals surface area contributed by atoms with Gasteiger partial charge in [-0.15, -0.1) is 0 Å². The Balaban J connectivity index is 1.37. The van der Waals surface area contributed by atoms with Crippen molar-refractivity contribution in [2.45, 2.75) is 88.5 Å². The largest absolute Gasteiger partial charge is 0.366 e. The maximum atomic E-state index is 11.6. The molecule has 1 aliphatic heterocycles. The lowest BCUT2D eigenvalue weighted by molar-refractivity contribution is 0.0491. The molecule has 4 rings (SSSR count). The van der Waals surface area contributed by atoms with Crippen molar-refractivity contribution in [2.75, 3.05) is 13.1 Å². The van der Waals surface area contributed by atoms with Crippen LogP contribution in [0.25, 0.3) is 0 Å². The summed E-state index contributed by atoms with van der Waals surface area (Å²) in [5.41, 5.74) is 7.82. The van der Waals surface area contributed by atoms with E-state index in [-0.39, 0.29) is 11.3 Å². The number of piperidine rings is 1. The minimum Gasteiger partial charge on any atom is -0.366 e. The van der Waals surface area contributed by atoms with Crippen molar-refractivity contribution in [1.82, 2.24) is 4.90 Å². The fourth-order valence-corrected chi connectivity index (χ4v) is 6.17. The molecule has 3 nitrogen and oxygen atoms in total. The van der Waals surface area contributed by atoms with E-state index < -0.39 is 0 Å². The molecule has 2 N–H and O–H groups in total. The summed E-state index contributed by atoms with van der Waals surface area (Å²) in [6, 6.07) is 8.90. The third kappa shape index (κ3) is 4.23. The van der Waals surface area contributed by atoms with Gasteiger partial charge in [0.1, 0.15) is 0 Å². The molecule has 3 fully saturated rings. The first-order valence-electron chi connectivity index (χ1n) is 11.3. The number of likely N-dealkylation sites (tertiary alicyclic amines) is 1. The molecule has 0 radical (unpaired) electrons. The molecule has 2 atom stereocenters. The van der Waals surface area contributed by atoms with Gasteiger partial charge in [-0.3, -0.25) is 4.79 Å². The Labute approximate surface area is 164 Å². The number of carbonyl (C=O) groups excluding carboxylic acids is 1. The van der Waals surface area contributed by atoms with E-state index in [2.05, 4.69) is 17.0 Å². The predicted molar refractivity (Wildman–Crippen MR) is 111 cm³/mol. The number of fused-ring (bicyclic) bond motifs is 2. The molecular formula is C24H36N2O. The molecule has 2 saturated carbocycles. The highest BCUT2D eigenvalue weighted by molar-refractivity contribution is 5.92. The highest BCUT2D eigenvalue weighted by Gasteiger charge is 2.43. The van der Waals surface area contributed by atoms with Gasteiger partial charge in [0.25, 0.3) is 0 Å². The second-order valence-corrected chi connectivity index (χ2v) is 9.41. The molecular weight excluding hydrogens is 332 g/mol. The van der Waals surface area contributed by atoms with E-state index >= 15 is 0 Å². The number of benzene rings is 1. The van der Waals surface area contributed by atoms with Crippen LogP contribution < -0.4 is 5.73 Å². The molecule has 2 aliphatic carbocycles. The van der Waals surface area contributed by atoms with Crippen LogP contribution in [-0.4, -0.2) is 29.9 Å². The number of nitrogens with two attached hydrogens (primary N) is 1. The molecule has 0 spiro atoms. The molecule has 27 heavy (non-hydrogen) atoms. The maximum absolute atomic E-state index is 11.6. The Morgan fingerprint density at radius 2 is 1.96 bits per heavy atom. The first-order valence-corrected chi connectivity index (χ1v) is 11.3. The van der Waals surface area contributed by atoms with Gasteiger partial charge in [0.05, 0.1) is 0 Å². The van der Waals surface area contributed by atoms with Crippen LogP contribution in [0, 0.1) is 5.92 Å². The topological polar surface area (TPSA) is 46.3 Å². The van der Waals surface area contributed by atoms with Crippen molar-refractivity contribution in [3.05, 3.63) is 35.4 Å². The molecule has 3 aliphatic rings. The van der Waals surface area contributed by atoms with Crippen LogP contribution in [0.1, 0.15) is 93.0 Å². The summed E-state index contributed by atoms with van der Waals surface area (Å²) in [5, 5.41) is 0. The van der Waals surface area contributed by atoms with Gasteiger partial charge < -0.3 is 10.6 Å². The van der Waals surface area contributed by atoms with Crippen LogP contribution in [0.3, 0.4) is 0 Å². The van der Waals surface area contributed by atoms with Gasteiger partial charge in [-0.05, 0) is 80.6 Å². The summed E-state index contributed by atoms with van der Waals surface area (Å²) < 4.78 is 0. The lowest BCUT2D eigenvalue weighted by Crippen LogP contribution is -2.52. The van der Waals surface area contributed by atoms with E-state index in [0.29, 0.717) is 5.56 Å². The summed E-state index contributed by atoms with van der Waals surface area (Å²) in [5.74, 6) is 0.700. The third-order valence-corrected chi connectivity index (χ3v) is 7.75. The fraction of sp³-hybridized carbons (Fsp3) is 0.708. The standard InChI is InChI=1S/C24H36N2O/c25-23(27)20-10-4-11-21(17-20)24-13-5-12-22(18-24)26(16-14-24)15-6-9-19-7-2-1-3-8-19/h4,10-11,17,19,22H,1-3,5-9,12-16,18H2,(H2,25,27). The van der Waals surface area contributed by atoms with Gasteiger partial charge in [0.15, 0.2) is 0 Å². The number of hydrogen-bond donors (Lipinski definition) is 1. The van der Waals surface area contributed by atoms with Gasteiger partial charge in [0, 0.05) is 11.6 Å². The Hall–Kier alpha value is -1.35. The van der Waals surface area contributed by atoms with Gasteiger partial charge in [-0.25, -0.2) is 0 Å². The first kappa shape index (κ1) is 19.0. The Kier molecular flexibility index (Phi) is 5.87. The average molecular weight is 369 g/mol. The van der Waals surface area contributed by atoms with E-state index in [1.807, 2.05) is 12.1 Å². The van der Waals surface area contributed by atoms with E-state index in [1.54, 1.807) is 0 Å². The van der Waals surface area contributed by atoms with Crippen LogP contribution in [0.2, 0.25) is 0 Å². The van der Waals surface area contributed by atoms with E-state index in [0.717, 1.165) is 12.0 Å². The summed E-state index contributed by atoms with van der Waals surface area (Å²) in [4.78, 5) is 14.4. The van der Waals surface area contributed by atoms with Crippen molar-refractivity contribution in [3.8, 4) is 0 Å². The summed E-state index contributed by atoms with van der Waals surface area (Å²) in [7, 11) is 0. The van der Waals surface area contributed by atoms with E-state index in [1.165, 1.54) is 95.7 Å². The first-order chi connectivity index (χ1) is 13.2. The normalized spacial score (nSPS) is 29.6. The number of nitrogens with zero attached hydrogens (tertiary/aromatic N) is 1. The molecule has 0 aromatic heterocycles. The molecule has 3 heteroatoms. The molecule has 1 amide bonds. The summed E-state index contributed by atoms with van der Waals surface area (Å²) >= 11 is 0. The van der Waals surface area contributed by atoms with Crippen molar-refractivity contribution in [1.29, 1.82) is 0 Å². The second-order valence-electron chi connectivity index (χ2n) is 9.41. The van der Waals surface area contributed by atoms with Gasteiger partial charge >= 0.3 is 0 Å². The van der Waals surface area contributed by atoms with E-state index in [4.69, 9.17) is 5.73 Å². The minimum atomic E-state index is -0.305. The predicted octanol–water partition coefficient (Wildman–Crippen LogP) is 5.03. The van der Waals surface area contributed by atoms with Gasteiger partial charge in [-0.2, -0.15) is 0 Å². The zero-order valence-corrected chi connectivity index (χ0v) is 16.8. The molecule has 148 valence electrons. The Morgan fingerprint density at radius 3 is 2.78 bits per heavy atom. The molecule has 2 unspecified atom stereocenters. The quantitative estimate of drug-likeness (QED) is 0.765. The lowest BCUT2D eigenvalue weighted by Gasteiger charge is -2.51. The third-order valence-electron chi connectivity index (χ3n) is 7.75. The van der Waals surface area contributed by atoms with Crippen LogP contribution in [0.4, 0.5) is 0 Å². The zero-order valence-electron chi connectivity index (χ0n) is 16.8. The monoisotopic (exact) mass is 368 g/mol. The fourth-order valence-electron chi connectivity index (χ4n) is 6.17. The van der Waals surface area contributed by atoms with Crippen LogP contribution in [0.15, 0.2) is 24.3 Å². The minimum absolute atomic E-state index is 0.272. The SMILES string of the molecule is NC(=O)c1cccc(C23CCCC(C2)N(CCCC2CCCCC2)CC3)c1. The molecule has 1 aromatic carbocycles. The van der Waals surface area contributed by atoms with Crippen molar-refractivity contribution < 1.29 is 4.79 Å². The Bertz CT molecular complexity index is 652. The molecule has 1 aromatic rings. The molecule has 1 heterocycles. The number of amides is 1. The summed E-state index contributed by atoms with van der Waals surface area (Å²) in [6.45, 7) is 2.51. The number of rotatable bonds is 6. The Morgan fingerprint density at radius 1 is 1.11 bits per heavy atom. The number of primary amides is 1. The van der Waals surface area contributed by atoms with Gasteiger partial charge in [-0.1, -0.05) is 50.7 Å². The highest BCUT2D eigenvalue weighted by atomic mass is 16.1. The van der Waals surface area contributed by atoms with Gasteiger partial charge in [0.2, 0.25) is 5.91 Å². The van der Waals surface area contributed by atoms with Crippen molar-refractivity contribution in [2.24, 2.45) is 11.7 Å². The lowest BCUT2D eigenvalue weighted by atomic mass is 9.63. The van der Waals surface area contributed by atoms with Crippen LogP contribution >= 0.6 is 0 Å². The van der Waals surface area contributed by atoms with E-state index in [9.17, 15) is 4.79 Å². The van der Waals surface area contributed by atoms with Crippen molar-refractivity contribution >= 4 is 5.91 Å². The molecule has 2 bridgehead atoms. The number of carbonyl (C=O) groups is 1. The molecule has 1 saturated heterocycles. The van der Waals surface area contributed by atoms with Crippen LogP contribution in [0.5, 0.6) is 0 Å². The zero-order chi connectivity index (χ0) is 18.7.